The van der Waals surface area contributed by atoms with Gasteiger partial charge < -0.3 is 5.11 Å². The zero-order valence-corrected chi connectivity index (χ0v) is 9.78. The van der Waals surface area contributed by atoms with Gasteiger partial charge >= 0.3 is 5.97 Å². The molecule has 0 saturated carbocycles. The van der Waals surface area contributed by atoms with Crippen LogP contribution < -0.4 is 0 Å². The number of aromatic nitrogens is 3. The first kappa shape index (κ1) is 10.8. The molecule has 16 heavy (non-hydrogen) atoms. The van der Waals surface area contributed by atoms with Gasteiger partial charge in [-0.15, -0.1) is 11.3 Å². The quantitative estimate of drug-likeness (QED) is 0.883. The molecule has 0 spiro atoms. The van der Waals surface area contributed by atoms with Gasteiger partial charge in [-0.25, -0.2) is 14.5 Å². The van der Waals surface area contributed by atoms with Crippen molar-refractivity contribution in [1.29, 1.82) is 0 Å². The van der Waals surface area contributed by atoms with Crippen LogP contribution in [-0.2, 0) is 13.5 Å². The maximum absolute atomic E-state index is 10.8. The van der Waals surface area contributed by atoms with Crippen molar-refractivity contribution < 1.29 is 9.90 Å². The summed E-state index contributed by atoms with van der Waals surface area (Å²) in [5, 5.41) is 13.1. The smallest absolute Gasteiger partial charge is 0.345 e. The molecule has 0 fully saturated rings. The Labute approximate surface area is 96.4 Å². The average molecular weight is 237 g/mol. The van der Waals surface area contributed by atoms with E-state index in [9.17, 15) is 4.79 Å². The van der Waals surface area contributed by atoms with Crippen LogP contribution in [0.2, 0.25) is 0 Å². The molecule has 0 radical (unpaired) electrons. The van der Waals surface area contributed by atoms with Crippen molar-refractivity contribution >= 4 is 17.3 Å². The second kappa shape index (κ2) is 4.05. The first-order chi connectivity index (χ1) is 7.61. The van der Waals surface area contributed by atoms with E-state index in [4.69, 9.17) is 5.11 Å². The van der Waals surface area contributed by atoms with Gasteiger partial charge in [0.2, 0.25) is 0 Å². The fourth-order valence-corrected chi connectivity index (χ4v) is 2.24. The number of aromatic carboxylic acids is 1. The molecule has 2 aromatic heterocycles. The molecule has 6 heteroatoms. The van der Waals surface area contributed by atoms with Crippen LogP contribution in [0.15, 0.2) is 12.1 Å². The van der Waals surface area contributed by atoms with E-state index in [0.717, 1.165) is 17.1 Å². The Balaban J connectivity index is 2.41. The molecule has 84 valence electrons. The molecule has 0 bridgehead atoms. The normalized spacial score (nSPS) is 10.6. The molecule has 2 heterocycles. The summed E-state index contributed by atoms with van der Waals surface area (Å²) in [6, 6.07) is 3.35. The Morgan fingerprint density at radius 1 is 1.56 bits per heavy atom. The highest BCUT2D eigenvalue weighted by molar-refractivity contribution is 7.17. The van der Waals surface area contributed by atoms with Gasteiger partial charge in [0.05, 0.1) is 4.88 Å². The van der Waals surface area contributed by atoms with Crippen LogP contribution in [-0.4, -0.2) is 25.8 Å². The van der Waals surface area contributed by atoms with Crippen molar-refractivity contribution in [3.8, 4) is 10.7 Å². The number of carbonyl (C=O) groups is 1. The van der Waals surface area contributed by atoms with E-state index in [0.29, 0.717) is 10.7 Å². The van der Waals surface area contributed by atoms with E-state index >= 15 is 0 Å². The lowest BCUT2D eigenvalue weighted by molar-refractivity contribution is 0.0702. The zero-order chi connectivity index (χ0) is 11.7. The van der Waals surface area contributed by atoms with Crippen molar-refractivity contribution in [2.24, 2.45) is 7.05 Å². The summed E-state index contributed by atoms with van der Waals surface area (Å²) in [4.78, 5) is 16.2. The maximum Gasteiger partial charge on any atom is 0.345 e. The third-order valence-electron chi connectivity index (χ3n) is 2.16. The fourth-order valence-electron chi connectivity index (χ4n) is 1.37. The predicted octanol–water partition coefficient (Wildman–Crippen LogP) is 1.80. The van der Waals surface area contributed by atoms with E-state index in [1.165, 1.54) is 11.3 Å². The molecule has 1 N–H and O–H groups in total. The van der Waals surface area contributed by atoms with Crippen LogP contribution in [0.5, 0.6) is 0 Å². The molecule has 0 unspecified atom stereocenters. The van der Waals surface area contributed by atoms with Gasteiger partial charge in [0.1, 0.15) is 4.88 Å². The summed E-state index contributed by atoms with van der Waals surface area (Å²) in [6.07, 6.45) is 0.769. The van der Waals surface area contributed by atoms with Gasteiger partial charge in [-0.3, -0.25) is 0 Å². The highest BCUT2D eigenvalue weighted by Crippen LogP contribution is 2.26. The maximum atomic E-state index is 10.8. The third-order valence-corrected chi connectivity index (χ3v) is 3.23. The number of thiophene rings is 1. The molecule has 0 aliphatic heterocycles. The Morgan fingerprint density at radius 2 is 2.31 bits per heavy atom. The number of hydrogen-bond acceptors (Lipinski definition) is 4. The molecular formula is C10H11N3O2S. The molecule has 2 rings (SSSR count). The molecule has 0 amide bonds. The third kappa shape index (κ3) is 1.83. The van der Waals surface area contributed by atoms with Crippen molar-refractivity contribution in [3.05, 3.63) is 22.8 Å². The molecule has 5 nitrogen and oxygen atoms in total. The fraction of sp³-hybridized carbons (Fsp3) is 0.300. The van der Waals surface area contributed by atoms with E-state index < -0.39 is 5.97 Å². The number of carboxylic acid groups (broad SMARTS) is 1. The molecule has 0 saturated heterocycles. The molecule has 0 aliphatic carbocycles. The summed E-state index contributed by atoms with van der Waals surface area (Å²) in [5.41, 5.74) is 0. The molecular weight excluding hydrogens is 226 g/mol. The van der Waals surface area contributed by atoms with Gasteiger partial charge in [-0.2, -0.15) is 5.10 Å². The van der Waals surface area contributed by atoms with Crippen molar-refractivity contribution in [1.82, 2.24) is 14.8 Å². The topological polar surface area (TPSA) is 68.0 Å². The van der Waals surface area contributed by atoms with E-state index in [1.54, 1.807) is 16.8 Å². The Morgan fingerprint density at radius 3 is 2.81 bits per heavy atom. The average Bonchev–Trinajstić information content (AvgIpc) is 2.83. The van der Waals surface area contributed by atoms with Gasteiger partial charge in [0, 0.05) is 13.5 Å². The van der Waals surface area contributed by atoms with Crippen LogP contribution in [0.1, 0.15) is 22.4 Å². The minimum atomic E-state index is -0.908. The summed E-state index contributed by atoms with van der Waals surface area (Å²) < 4.78 is 1.68. The summed E-state index contributed by atoms with van der Waals surface area (Å²) in [7, 11) is 1.81. The monoisotopic (exact) mass is 237 g/mol. The minimum absolute atomic E-state index is 0.316. The van der Waals surface area contributed by atoms with Crippen LogP contribution in [0, 0.1) is 0 Å². The molecule has 0 atom stereocenters. The minimum Gasteiger partial charge on any atom is -0.477 e. The summed E-state index contributed by atoms with van der Waals surface area (Å²) in [5.74, 6) is 0.575. The predicted molar refractivity (Wildman–Crippen MR) is 60.7 cm³/mol. The van der Waals surface area contributed by atoms with Crippen LogP contribution in [0.3, 0.4) is 0 Å². The number of rotatable bonds is 3. The number of carboxylic acids is 1. The Hall–Kier alpha value is -1.69. The SMILES string of the molecule is CCc1nc(-c2ccc(C(=O)O)s2)n(C)n1. The lowest BCUT2D eigenvalue weighted by atomic mass is 10.4. The van der Waals surface area contributed by atoms with Gasteiger partial charge in [0.15, 0.2) is 11.6 Å². The molecule has 2 aromatic rings. The second-order valence-electron chi connectivity index (χ2n) is 3.30. The van der Waals surface area contributed by atoms with E-state index in [-0.39, 0.29) is 0 Å². The standard InChI is InChI=1S/C10H11N3O2S/c1-3-8-11-9(13(2)12-8)6-4-5-7(16-6)10(14)15/h4-5H,3H2,1-2H3,(H,14,15). The molecule has 0 aliphatic rings. The zero-order valence-electron chi connectivity index (χ0n) is 8.97. The highest BCUT2D eigenvalue weighted by atomic mass is 32.1. The second-order valence-corrected chi connectivity index (χ2v) is 4.38. The van der Waals surface area contributed by atoms with Gasteiger partial charge in [-0.05, 0) is 12.1 Å². The largest absolute Gasteiger partial charge is 0.477 e. The first-order valence-corrected chi connectivity index (χ1v) is 5.67. The Bertz CT molecular complexity index is 530. The summed E-state index contributed by atoms with van der Waals surface area (Å²) >= 11 is 1.21. The van der Waals surface area contributed by atoms with Crippen molar-refractivity contribution in [2.75, 3.05) is 0 Å². The lowest BCUT2D eigenvalue weighted by Crippen LogP contribution is -1.93. The van der Waals surface area contributed by atoms with Gasteiger partial charge in [-0.1, -0.05) is 6.92 Å². The number of nitrogens with zero attached hydrogens (tertiary/aromatic N) is 3. The first-order valence-electron chi connectivity index (χ1n) is 4.85. The molecule has 0 aromatic carbocycles. The lowest BCUT2D eigenvalue weighted by Gasteiger charge is -1.93. The Kier molecular flexibility index (Phi) is 2.74. The van der Waals surface area contributed by atoms with E-state index in [1.807, 2.05) is 14.0 Å². The highest BCUT2D eigenvalue weighted by Gasteiger charge is 2.13. The summed E-state index contributed by atoms with van der Waals surface area (Å²) in [6.45, 7) is 1.98. The number of hydrogen-bond donors (Lipinski definition) is 1. The van der Waals surface area contributed by atoms with E-state index in [2.05, 4.69) is 10.1 Å². The van der Waals surface area contributed by atoms with Crippen LogP contribution in [0.25, 0.3) is 10.7 Å². The number of aryl methyl sites for hydroxylation is 2. The van der Waals surface area contributed by atoms with Gasteiger partial charge in [0.25, 0.3) is 0 Å². The van der Waals surface area contributed by atoms with Crippen molar-refractivity contribution in [3.63, 3.8) is 0 Å². The van der Waals surface area contributed by atoms with Crippen LogP contribution in [0.4, 0.5) is 0 Å². The van der Waals surface area contributed by atoms with Crippen molar-refractivity contribution in [2.45, 2.75) is 13.3 Å². The van der Waals surface area contributed by atoms with Crippen LogP contribution >= 0.6 is 11.3 Å².